The van der Waals surface area contributed by atoms with E-state index in [0.29, 0.717) is 6.04 Å². The molecular formula is C17H25F3N4O2. The van der Waals surface area contributed by atoms with Crippen LogP contribution >= 0.6 is 0 Å². The average Bonchev–Trinajstić information content (AvgIpc) is 3.08. The highest BCUT2D eigenvalue weighted by Crippen LogP contribution is 2.25. The molecule has 1 aromatic rings. The number of rotatable bonds is 2. The van der Waals surface area contributed by atoms with E-state index in [9.17, 15) is 13.2 Å². The molecular weight excluding hydrogens is 349 g/mol. The van der Waals surface area contributed by atoms with Crippen LogP contribution in [0.2, 0.25) is 0 Å². The van der Waals surface area contributed by atoms with Crippen molar-refractivity contribution < 1.29 is 23.1 Å². The van der Waals surface area contributed by atoms with Gasteiger partial charge in [0.05, 0.1) is 5.69 Å². The van der Waals surface area contributed by atoms with E-state index in [1.165, 1.54) is 29.8 Å². The van der Waals surface area contributed by atoms with Gasteiger partial charge in [0.2, 0.25) is 5.95 Å². The van der Waals surface area contributed by atoms with Crippen molar-refractivity contribution in [2.75, 3.05) is 24.5 Å². The van der Waals surface area contributed by atoms with Crippen molar-refractivity contribution in [3.8, 4) is 0 Å². The van der Waals surface area contributed by atoms with Gasteiger partial charge in [0.1, 0.15) is 0 Å². The summed E-state index contributed by atoms with van der Waals surface area (Å²) in [6.07, 6.45) is -1.46. The van der Waals surface area contributed by atoms with Crippen LogP contribution < -0.4 is 4.90 Å². The second-order valence-electron chi connectivity index (χ2n) is 6.85. The van der Waals surface area contributed by atoms with Crippen molar-refractivity contribution in [2.24, 2.45) is 0 Å². The maximum Gasteiger partial charge on any atom is 0.490 e. The van der Waals surface area contributed by atoms with Gasteiger partial charge in [-0.2, -0.15) is 13.2 Å². The van der Waals surface area contributed by atoms with Crippen molar-refractivity contribution in [3.63, 3.8) is 0 Å². The first-order chi connectivity index (χ1) is 12.1. The Morgan fingerprint density at radius 3 is 2.23 bits per heavy atom. The predicted molar refractivity (Wildman–Crippen MR) is 91.2 cm³/mol. The van der Waals surface area contributed by atoms with Gasteiger partial charge >= 0.3 is 12.1 Å². The van der Waals surface area contributed by atoms with E-state index in [2.05, 4.69) is 30.6 Å². The molecule has 0 saturated carbocycles. The number of aliphatic carboxylic acids is 1. The zero-order chi connectivity index (χ0) is 19.5. The van der Waals surface area contributed by atoms with Gasteiger partial charge in [-0.3, -0.25) is 4.90 Å². The Morgan fingerprint density at radius 1 is 1.15 bits per heavy atom. The van der Waals surface area contributed by atoms with Gasteiger partial charge in [0, 0.05) is 49.9 Å². The number of aromatic nitrogens is 2. The molecule has 26 heavy (non-hydrogen) atoms. The molecule has 2 aliphatic heterocycles. The van der Waals surface area contributed by atoms with Crippen LogP contribution in [0.3, 0.4) is 0 Å². The molecule has 0 bridgehead atoms. The highest BCUT2D eigenvalue weighted by atomic mass is 19.4. The number of halogens is 3. The molecule has 9 heteroatoms. The highest BCUT2D eigenvalue weighted by molar-refractivity contribution is 5.73. The monoisotopic (exact) mass is 374 g/mol. The van der Waals surface area contributed by atoms with Crippen LogP contribution in [0, 0.1) is 6.92 Å². The predicted octanol–water partition coefficient (Wildman–Crippen LogP) is 2.79. The van der Waals surface area contributed by atoms with Crippen molar-refractivity contribution in [2.45, 2.75) is 58.8 Å². The van der Waals surface area contributed by atoms with E-state index in [1.54, 1.807) is 0 Å². The van der Waals surface area contributed by atoms with Crippen LogP contribution in [0.5, 0.6) is 0 Å². The van der Waals surface area contributed by atoms with Crippen LogP contribution in [0.1, 0.15) is 43.6 Å². The Bertz CT molecular complexity index is 644. The molecule has 0 aromatic carbocycles. The summed E-state index contributed by atoms with van der Waals surface area (Å²) in [5, 5.41) is 7.12. The smallest absolute Gasteiger partial charge is 0.475 e. The number of anilines is 1. The summed E-state index contributed by atoms with van der Waals surface area (Å²) in [5.74, 6) is -1.79. The summed E-state index contributed by atoms with van der Waals surface area (Å²) < 4.78 is 31.7. The zero-order valence-electron chi connectivity index (χ0n) is 15.3. The molecule has 3 rings (SSSR count). The van der Waals surface area contributed by atoms with Crippen LogP contribution in [0.25, 0.3) is 0 Å². The topological polar surface area (TPSA) is 69.6 Å². The second kappa shape index (κ2) is 8.20. The van der Waals surface area contributed by atoms with Gasteiger partial charge in [-0.1, -0.05) is 0 Å². The van der Waals surface area contributed by atoms with E-state index in [1.807, 2.05) is 0 Å². The van der Waals surface area contributed by atoms with Crippen LogP contribution in [-0.2, 0) is 17.8 Å². The number of hydrogen-bond acceptors (Lipinski definition) is 5. The maximum atomic E-state index is 10.6. The summed E-state index contributed by atoms with van der Waals surface area (Å²) in [5.41, 5.74) is 3.83. The fourth-order valence-electron chi connectivity index (χ4n) is 3.08. The number of aryl methyl sites for hydroxylation is 1. The van der Waals surface area contributed by atoms with Crippen LogP contribution in [-0.4, -0.2) is 57.8 Å². The lowest BCUT2D eigenvalue weighted by Crippen LogP contribution is -2.37. The first-order valence-electron chi connectivity index (χ1n) is 8.75. The number of alkyl halides is 3. The minimum atomic E-state index is -5.08. The molecule has 0 radical (unpaired) electrons. The quantitative estimate of drug-likeness (QED) is 0.859. The van der Waals surface area contributed by atoms with E-state index in [-0.39, 0.29) is 0 Å². The van der Waals surface area contributed by atoms with Gasteiger partial charge in [-0.05, 0) is 33.6 Å². The molecule has 146 valence electrons. The Labute approximate surface area is 151 Å². The molecule has 0 unspecified atom stereocenters. The van der Waals surface area contributed by atoms with Crippen molar-refractivity contribution in [1.82, 2.24) is 14.9 Å². The Morgan fingerprint density at radius 2 is 1.73 bits per heavy atom. The summed E-state index contributed by atoms with van der Waals surface area (Å²) in [6.45, 7) is 11.1. The Hall–Kier alpha value is -1.90. The molecule has 1 aromatic heterocycles. The van der Waals surface area contributed by atoms with Crippen LogP contribution in [0.15, 0.2) is 0 Å². The van der Waals surface area contributed by atoms with Gasteiger partial charge in [-0.25, -0.2) is 14.8 Å². The SMILES string of the molecule is Cc1nc(N2CCCC2)nc2c1CN(C(C)C)CC2.O=C(O)C(F)(F)F. The Kier molecular flexibility index (Phi) is 6.44. The number of hydrogen-bond donors (Lipinski definition) is 1. The summed E-state index contributed by atoms with van der Waals surface area (Å²) in [4.78, 5) is 23.3. The van der Waals surface area contributed by atoms with Crippen LogP contribution in [0.4, 0.5) is 19.1 Å². The highest BCUT2D eigenvalue weighted by Gasteiger charge is 2.38. The molecule has 6 nitrogen and oxygen atoms in total. The van der Waals surface area contributed by atoms with Gasteiger partial charge in [0.15, 0.2) is 0 Å². The first-order valence-corrected chi connectivity index (χ1v) is 8.75. The summed E-state index contributed by atoms with van der Waals surface area (Å²) in [6, 6.07) is 0.603. The number of carbonyl (C=O) groups is 1. The minimum Gasteiger partial charge on any atom is -0.475 e. The molecule has 1 saturated heterocycles. The number of carboxylic acid groups (broad SMARTS) is 1. The maximum absolute atomic E-state index is 10.6. The third-order valence-electron chi connectivity index (χ3n) is 4.65. The lowest BCUT2D eigenvalue weighted by molar-refractivity contribution is -0.192. The Balaban J connectivity index is 0.000000298. The lowest BCUT2D eigenvalue weighted by atomic mass is 10.0. The van der Waals surface area contributed by atoms with Gasteiger partial charge in [0.25, 0.3) is 0 Å². The number of carboxylic acids is 1. The van der Waals surface area contributed by atoms with E-state index < -0.39 is 12.1 Å². The van der Waals surface area contributed by atoms with E-state index in [0.717, 1.165) is 38.5 Å². The molecule has 1 fully saturated rings. The zero-order valence-corrected chi connectivity index (χ0v) is 15.3. The lowest BCUT2D eigenvalue weighted by Gasteiger charge is -2.32. The van der Waals surface area contributed by atoms with E-state index in [4.69, 9.17) is 19.9 Å². The molecule has 0 atom stereocenters. The third-order valence-corrected chi connectivity index (χ3v) is 4.65. The van der Waals surface area contributed by atoms with Crippen molar-refractivity contribution >= 4 is 11.9 Å². The van der Waals surface area contributed by atoms with Crippen molar-refractivity contribution in [3.05, 3.63) is 17.0 Å². The number of nitrogens with zero attached hydrogens (tertiary/aromatic N) is 4. The third kappa shape index (κ3) is 5.06. The average molecular weight is 374 g/mol. The molecule has 0 aliphatic carbocycles. The summed E-state index contributed by atoms with van der Waals surface area (Å²) in [7, 11) is 0. The largest absolute Gasteiger partial charge is 0.490 e. The van der Waals surface area contributed by atoms with Crippen molar-refractivity contribution in [1.29, 1.82) is 0 Å². The normalized spacial score (nSPS) is 17.7. The molecule has 1 N–H and O–H groups in total. The number of fused-ring (bicyclic) bond motifs is 1. The molecule has 3 heterocycles. The standard InChI is InChI=1S/C15H24N4.C2HF3O2/c1-11(2)19-9-6-14-13(10-19)12(3)16-15(17-14)18-7-4-5-8-18;3-2(4,5)1(6)7/h11H,4-10H2,1-3H3;(H,6,7). The fraction of sp³-hybridized carbons (Fsp3) is 0.706. The summed E-state index contributed by atoms with van der Waals surface area (Å²) >= 11 is 0. The van der Waals surface area contributed by atoms with Gasteiger partial charge < -0.3 is 10.0 Å². The van der Waals surface area contributed by atoms with Gasteiger partial charge in [-0.15, -0.1) is 0 Å². The molecule has 0 spiro atoms. The molecule has 2 aliphatic rings. The van der Waals surface area contributed by atoms with E-state index >= 15 is 0 Å². The first kappa shape index (κ1) is 20.4. The second-order valence-corrected chi connectivity index (χ2v) is 6.85. The molecule has 0 amide bonds. The fourth-order valence-corrected chi connectivity index (χ4v) is 3.08. The minimum absolute atomic E-state index is 0.603.